The first-order valence-electron chi connectivity index (χ1n) is 11.6. The third kappa shape index (κ3) is 8.23. The van der Waals surface area contributed by atoms with E-state index < -0.39 is 6.04 Å². The van der Waals surface area contributed by atoms with Crippen LogP contribution >= 0.6 is 23.4 Å². The van der Waals surface area contributed by atoms with Gasteiger partial charge in [0.15, 0.2) is 0 Å². The molecule has 3 aromatic carbocycles. The van der Waals surface area contributed by atoms with Crippen molar-refractivity contribution in [2.24, 2.45) is 0 Å². The molecule has 3 rings (SSSR count). The summed E-state index contributed by atoms with van der Waals surface area (Å²) >= 11 is 7.44. The first kappa shape index (κ1) is 25.9. The van der Waals surface area contributed by atoms with E-state index >= 15 is 0 Å². The number of nitrogens with zero attached hydrogens (tertiary/aromatic N) is 1. The molecule has 0 saturated carbocycles. The zero-order chi connectivity index (χ0) is 24.2. The van der Waals surface area contributed by atoms with Gasteiger partial charge in [-0.15, -0.1) is 11.8 Å². The number of halogens is 1. The molecule has 3 aromatic rings. The van der Waals surface area contributed by atoms with E-state index in [1.165, 1.54) is 11.8 Å². The Morgan fingerprint density at radius 3 is 2.15 bits per heavy atom. The summed E-state index contributed by atoms with van der Waals surface area (Å²) < 4.78 is 0. The van der Waals surface area contributed by atoms with Crippen molar-refractivity contribution >= 4 is 35.2 Å². The molecular weight excluding hydrogens is 464 g/mol. The van der Waals surface area contributed by atoms with E-state index in [0.717, 1.165) is 28.9 Å². The van der Waals surface area contributed by atoms with Crippen LogP contribution in [0.2, 0.25) is 5.02 Å². The lowest BCUT2D eigenvalue weighted by Gasteiger charge is -2.31. The summed E-state index contributed by atoms with van der Waals surface area (Å²) in [5.74, 6) is 0.0515. The molecule has 2 amide bonds. The first-order valence-corrected chi connectivity index (χ1v) is 13.0. The fourth-order valence-corrected chi connectivity index (χ4v) is 4.51. The van der Waals surface area contributed by atoms with Crippen molar-refractivity contribution < 1.29 is 9.59 Å². The van der Waals surface area contributed by atoms with Crippen LogP contribution in [0.15, 0.2) is 89.8 Å². The molecule has 0 aliphatic carbocycles. The molecule has 0 aromatic heterocycles. The standard InChI is InChI=1S/C28H31ClN2O2S/c1-2-3-18-30-28(33)26(19-22-10-6-4-7-11-22)31(20-23-12-8-5-9-13-23)27(32)21-34-25-16-14-24(29)15-17-25/h4-17,26H,2-3,18-21H2,1H3,(H,30,33). The summed E-state index contributed by atoms with van der Waals surface area (Å²) in [5.41, 5.74) is 2.01. The molecule has 4 nitrogen and oxygen atoms in total. The molecule has 0 fully saturated rings. The largest absolute Gasteiger partial charge is 0.354 e. The molecule has 1 unspecified atom stereocenters. The number of amides is 2. The van der Waals surface area contributed by atoms with Crippen LogP contribution < -0.4 is 5.32 Å². The number of rotatable bonds is 12. The van der Waals surface area contributed by atoms with E-state index in [2.05, 4.69) is 12.2 Å². The lowest BCUT2D eigenvalue weighted by Crippen LogP contribution is -2.51. The van der Waals surface area contributed by atoms with Gasteiger partial charge in [-0.25, -0.2) is 0 Å². The zero-order valence-corrected chi connectivity index (χ0v) is 21.0. The minimum atomic E-state index is -0.599. The topological polar surface area (TPSA) is 49.4 Å². The summed E-state index contributed by atoms with van der Waals surface area (Å²) in [6.07, 6.45) is 2.36. The van der Waals surface area contributed by atoms with E-state index in [1.807, 2.05) is 84.9 Å². The van der Waals surface area contributed by atoms with Gasteiger partial charge in [-0.1, -0.05) is 85.6 Å². The zero-order valence-electron chi connectivity index (χ0n) is 19.5. The number of hydrogen-bond acceptors (Lipinski definition) is 3. The summed E-state index contributed by atoms with van der Waals surface area (Å²) in [6, 6.07) is 26.5. The second-order valence-electron chi connectivity index (χ2n) is 8.10. The van der Waals surface area contributed by atoms with Crippen LogP contribution in [-0.2, 0) is 22.6 Å². The molecular formula is C28H31ClN2O2S. The molecule has 0 saturated heterocycles. The summed E-state index contributed by atoms with van der Waals surface area (Å²) in [7, 11) is 0. The number of thioether (sulfide) groups is 1. The lowest BCUT2D eigenvalue weighted by molar-refractivity contribution is -0.139. The van der Waals surface area contributed by atoms with E-state index in [9.17, 15) is 9.59 Å². The highest BCUT2D eigenvalue weighted by Gasteiger charge is 2.30. The first-order chi connectivity index (χ1) is 16.6. The van der Waals surface area contributed by atoms with Crippen LogP contribution in [0.3, 0.4) is 0 Å². The number of unbranched alkanes of at least 4 members (excludes halogenated alkanes) is 1. The van der Waals surface area contributed by atoms with Crippen LogP contribution in [0.1, 0.15) is 30.9 Å². The molecule has 0 aliphatic heterocycles. The monoisotopic (exact) mass is 494 g/mol. The Morgan fingerprint density at radius 1 is 0.912 bits per heavy atom. The Bertz CT molecular complexity index is 1030. The fraction of sp³-hybridized carbons (Fsp3) is 0.286. The van der Waals surface area contributed by atoms with Crippen molar-refractivity contribution in [1.29, 1.82) is 0 Å². The molecule has 6 heteroatoms. The van der Waals surface area contributed by atoms with Gasteiger partial charge in [0.25, 0.3) is 0 Å². The highest BCUT2D eigenvalue weighted by atomic mass is 35.5. The van der Waals surface area contributed by atoms with Crippen molar-refractivity contribution in [2.45, 2.75) is 43.7 Å². The van der Waals surface area contributed by atoms with E-state index in [1.54, 1.807) is 4.90 Å². The molecule has 178 valence electrons. The second kappa shape index (κ2) is 13.8. The molecule has 0 bridgehead atoms. The Labute approximate surface area is 211 Å². The van der Waals surface area contributed by atoms with Crippen molar-refractivity contribution in [2.75, 3.05) is 12.3 Å². The maximum atomic E-state index is 13.6. The predicted octanol–water partition coefficient (Wildman–Crippen LogP) is 5.99. The smallest absolute Gasteiger partial charge is 0.243 e. The SMILES string of the molecule is CCCCNC(=O)C(Cc1ccccc1)N(Cc1ccccc1)C(=O)CSc1ccc(Cl)cc1. The van der Waals surface area contributed by atoms with Gasteiger partial charge in [0, 0.05) is 29.4 Å². The Kier molecular flexibility index (Phi) is 10.5. The van der Waals surface area contributed by atoms with Gasteiger partial charge in [-0.3, -0.25) is 9.59 Å². The highest BCUT2D eigenvalue weighted by molar-refractivity contribution is 8.00. The van der Waals surface area contributed by atoms with Gasteiger partial charge in [0.1, 0.15) is 6.04 Å². The molecule has 0 radical (unpaired) electrons. The quantitative estimate of drug-likeness (QED) is 0.248. The molecule has 34 heavy (non-hydrogen) atoms. The predicted molar refractivity (Wildman–Crippen MR) is 141 cm³/mol. The summed E-state index contributed by atoms with van der Waals surface area (Å²) in [4.78, 5) is 29.6. The van der Waals surface area contributed by atoms with Crippen LogP contribution in [0.4, 0.5) is 0 Å². The minimum absolute atomic E-state index is 0.0737. The van der Waals surface area contributed by atoms with Crippen LogP contribution in [0.5, 0.6) is 0 Å². The van der Waals surface area contributed by atoms with E-state index in [0.29, 0.717) is 24.5 Å². The average molecular weight is 495 g/mol. The molecule has 1 N–H and O–H groups in total. The molecule has 0 aliphatic rings. The molecule has 1 atom stereocenters. The maximum absolute atomic E-state index is 13.6. The van der Waals surface area contributed by atoms with Crippen molar-refractivity contribution in [3.05, 3.63) is 101 Å². The Hall–Kier alpha value is -2.76. The minimum Gasteiger partial charge on any atom is -0.354 e. The number of hydrogen-bond donors (Lipinski definition) is 1. The molecule has 0 heterocycles. The number of nitrogens with one attached hydrogen (secondary N) is 1. The van der Waals surface area contributed by atoms with Crippen molar-refractivity contribution in [1.82, 2.24) is 10.2 Å². The van der Waals surface area contributed by atoms with Gasteiger partial charge < -0.3 is 10.2 Å². The van der Waals surface area contributed by atoms with Gasteiger partial charge >= 0.3 is 0 Å². The van der Waals surface area contributed by atoms with Crippen LogP contribution in [0, 0.1) is 0 Å². The Morgan fingerprint density at radius 2 is 1.53 bits per heavy atom. The Balaban J connectivity index is 1.85. The second-order valence-corrected chi connectivity index (χ2v) is 9.59. The average Bonchev–Trinajstić information content (AvgIpc) is 2.87. The third-order valence-corrected chi connectivity index (χ3v) is 6.72. The van der Waals surface area contributed by atoms with Gasteiger partial charge in [-0.2, -0.15) is 0 Å². The third-order valence-electron chi connectivity index (χ3n) is 5.47. The van der Waals surface area contributed by atoms with Gasteiger partial charge in [0.05, 0.1) is 5.75 Å². The number of benzene rings is 3. The number of carbonyl (C=O) groups is 2. The van der Waals surface area contributed by atoms with Crippen molar-refractivity contribution in [3.63, 3.8) is 0 Å². The van der Waals surface area contributed by atoms with Gasteiger partial charge in [0.2, 0.25) is 11.8 Å². The number of carbonyl (C=O) groups excluding carboxylic acids is 2. The normalized spacial score (nSPS) is 11.6. The lowest BCUT2D eigenvalue weighted by atomic mass is 10.0. The fourth-order valence-electron chi connectivity index (χ4n) is 3.60. The highest BCUT2D eigenvalue weighted by Crippen LogP contribution is 2.22. The van der Waals surface area contributed by atoms with Crippen LogP contribution in [0.25, 0.3) is 0 Å². The summed E-state index contributed by atoms with van der Waals surface area (Å²) in [6.45, 7) is 3.07. The van der Waals surface area contributed by atoms with E-state index in [4.69, 9.17) is 11.6 Å². The molecule has 0 spiro atoms. The van der Waals surface area contributed by atoms with Crippen LogP contribution in [-0.4, -0.2) is 35.1 Å². The van der Waals surface area contributed by atoms with E-state index in [-0.39, 0.29) is 17.6 Å². The maximum Gasteiger partial charge on any atom is 0.243 e. The van der Waals surface area contributed by atoms with Gasteiger partial charge in [-0.05, 0) is 41.8 Å². The van der Waals surface area contributed by atoms with Crippen molar-refractivity contribution in [3.8, 4) is 0 Å². The summed E-state index contributed by atoms with van der Waals surface area (Å²) in [5, 5.41) is 3.71.